The Labute approximate surface area is 101 Å². The molecule has 2 aromatic rings. The molecule has 0 aromatic carbocycles. The Morgan fingerprint density at radius 3 is 2.94 bits per heavy atom. The summed E-state index contributed by atoms with van der Waals surface area (Å²) in [7, 11) is 0. The Hall–Kier alpha value is -1.89. The third-order valence-corrected chi connectivity index (χ3v) is 2.44. The summed E-state index contributed by atoms with van der Waals surface area (Å²) in [5.74, 6) is -0.503. The predicted molar refractivity (Wildman–Crippen MR) is 58.6 cm³/mol. The quantitative estimate of drug-likeness (QED) is 0.605. The summed E-state index contributed by atoms with van der Waals surface area (Å²) < 4.78 is 9.90. The van der Waals surface area contributed by atoms with Crippen LogP contribution in [-0.4, -0.2) is 27.5 Å². The van der Waals surface area contributed by atoms with Crippen molar-refractivity contribution in [2.24, 2.45) is 0 Å². The van der Waals surface area contributed by atoms with Crippen LogP contribution in [0.1, 0.15) is 17.4 Å². The first-order valence-corrected chi connectivity index (χ1v) is 5.68. The number of hydrogen-bond acceptors (Lipinski definition) is 7. The van der Waals surface area contributed by atoms with Gasteiger partial charge in [0.2, 0.25) is 0 Å². The number of nitrogens with zero attached hydrogens (tertiary/aromatic N) is 3. The SMILES string of the molecule is CCOC(=O)c1coc(Sc2ncccn2)n1. The molecule has 0 spiro atoms. The molecule has 2 heterocycles. The summed E-state index contributed by atoms with van der Waals surface area (Å²) in [5, 5.41) is 0.809. The van der Waals surface area contributed by atoms with E-state index in [4.69, 9.17) is 9.15 Å². The van der Waals surface area contributed by atoms with E-state index in [9.17, 15) is 4.79 Å². The van der Waals surface area contributed by atoms with E-state index < -0.39 is 5.97 Å². The van der Waals surface area contributed by atoms with E-state index in [0.29, 0.717) is 17.0 Å². The van der Waals surface area contributed by atoms with E-state index in [1.54, 1.807) is 25.4 Å². The van der Waals surface area contributed by atoms with Crippen LogP contribution in [0.4, 0.5) is 0 Å². The van der Waals surface area contributed by atoms with Crippen LogP contribution >= 0.6 is 11.8 Å². The molecular formula is C10H9N3O3S. The van der Waals surface area contributed by atoms with Crippen molar-refractivity contribution in [1.29, 1.82) is 0 Å². The average Bonchev–Trinajstić information content (AvgIpc) is 2.79. The molecule has 7 heteroatoms. The molecule has 2 aromatic heterocycles. The van der Waals surface area contributed by atoms with Crippen LogP contribution in [0.25, 0.3) is 0 Å². The lowest BCUT2D eigenvalue weighted by molar-refractivity contribution is 0.0519. The van der Waals surface area contributed by atoms with Crippen molar-refractivity contribution in [3.05, 3.63) is 30.4 Å². The summed E-state index contributed by atoms with van der Waals surface area (Å²) in [6.07, 6.45) is 4.48. The fourth-order valence-corrected chi connectivity index (χ4v) is 1.64. The number of hydrogen-bond donors (Lipinski definition) is 0. The van der Waals surface area contributed by atoms with Gasteiger partial charge in [-0.3, -0.25) is 0 Å². The van der Waals surface area contributed by atoms with Gasteiger partial charge in [0.15, 0.2) is 10.9 Å². The van der Waals surface area contributed by atoms with Gasteiger partial charge in [-0.2, -0.15) is 4.98 Å². The van der Waals surface area contributed by atoms with Crippen LogP contribution in [0.15, 0.2) is 39.5 Å². The molecule has 6 nitrogen and oxygen atoms in total. The maximum absolute atomic E-state index is 11.3. The lowest BCUT2D eigenvalue weighted by atomic mass is 10.5. The van der Waals surface area contributed by atoms with Gasteiger partial charge < -0.3 is 9.15 Å². The zero-order chi connectivity index (χ0) is 12.1. The number of esters is 1. The minimum Gasteiger partial charge on any atom is -0.461 e. The molecule has 0 bridgehead atoms. The molecule has 0 N–H and O–H groups in total. The van der Waals surface area contributed by atoms with Gasteiger partial charge in [-0.1, -0.05) is 0 Å². The van der Waals surface area contributed by atoms with Crippen molar-refractivity contribution >= 4 is 17.7 Å². The number of carbonyl (C=O) groups excluding carboxylic acids is 1. The first-order chi connectivity index (χ1) is 8.29. The zero-order valence-electron chi connectivity index (χ0n) is 8.99. The van der Waals surface area contributed by atoms with Gasteiger partial charge in [-0.15, -0.1) is 0 Å². The summed E-state index contributed by atoms with van der Waals surface area (Å²) in [6.45, 7) is 2.03. The van der Waals surface area contributed by atoms with E-state index in [1.807, 2.05) is 0 Å². The molecule has 2 rings (SSSR count). The van der Waals surface area contributed by atoms with Gasteiger partial charge in [0.05, 0.1) is 6.61 Å². The van der Waals surface area contributed by atoms with Crippen molar-refractivity contribution < 1.29 is 13.9 Å². The van der Waals surface area contributed by atoms with Gasteiger partial charge in [0.1, 0.15) is 6.26 Å². The normalized spacial score (nSPS) is 10.2. The minimum absolute atomic E-state index is 0.144. The van der Waals surface area contributed by atoms with E-state index in [2.05, 4.69) is 15.0 Å². The van der Waals surface area contributed by atoms with Crippen molar-refractivity contribution in [3.8, 4) is 0 Å². The van der Waals surface area contributed by atoms with Crippen molar-refractivity contribution in [3.63, 3.8) is 0 Å². The molecule has 17 heavy (non-hydrogen) atoms. The highest BCUT2D eigenvalue weighted by atomic mass is 32.2. The molecule has 0 aliphatic carbocycles. The molecule has 0 amide bonds. The van der Waals surface area contributed by atoms with Crippen LogP contribution in [0.2, 0.25) is 0 Å². The first-order valence-electron chi connectivity index (χ1n) is 4.87. The maximum Gasteiger partial charge on any atom is 0.360 e. The lowest BCUT2D eigenvalue weighted by Crippen LogP contribution is -2.04. The fourth-order valence-electron chi connectivity index (χ4n) is 1.02. The van der Waals surface area contributed by atoms with Gasteiger partial charge >= 0.3 is 5.97 Å². The van der Waals surface area contributed by atoms with E-state index in [0.717, 1.165) is 11.8 Å². The molecule has 0 aliphatic heterocycles. The maximum atomic E-state index is 11.3. The van der Waals surface area contributed by atoms with Crippen LogP contribution < -0.4 is 0 Å². The Balaban J connectivity index is 2.06. The van der Waals surface area contributed by atoms with E-state index >= 15 is 0 Å². The molecule has 0 atom stereocenters. The molecule has 0 aliphatic rings. The first kappa shape index (κ1) is 11.6. The molecule has 0 saturated heterocycles. The van der Waals surface area contributed by atoms with Crippen molar-refractivity contribution in [1.82, 2.24) is 15.0 Å². The topological polar surface area (TPSA) is 78.1 Å². The summed E-state index contributed by atoms with van der Waals surface area (Å²) in [5.41, 5.74) is 0.144. The van der Waals surface area contributed by atoms with Crippen LogP contribution in [0, 0.1) is 0 Å². The zero-order valence-corrected chi connectivity index (χ0v) is 9.81. The highest BCUT2D eigenvalue weighted by Gasteiger charge is 2.14. The largest absolute Gasteiger partial charge is 0.461 e. The average molecular weight is 251 g/mol. The Kier molecular flexibility index (Phi) is 3.71. The standard InChI is InChI=1S/C10H9N3O3S/c1-2-15-8(14)7-6-16-10(13-7)17-9-11-4-3-5-12-9/h3-6H,2H2,1H3. The molecule has 0 fully saturated rings. The third kappa shape index (κ3) is 3.04. The summed E-state index contributed by atoms with van der Waals surface area (Å²) in [4.78, 5) is 23.3. The minimum atomic E-state index is -0.503. The smallest absolute Gasteiger partial charge is 0.360 e. The Bertz CT molecular complexity index is 501. The van der Waals surface area contributed by atoms with E-state index in [1.165, 1.54) is 6.26 Å². The number of aromatic nitrogens is 3. The molecule has 0 saturated carbocycles. The number of rotatable bonds is 4. The predicted octanol–water partition coefficient (Wildman–Crippen LogP) is 1.79. The Morgan fingerprint density at radius 2 is 2.24 bits per heavy atom. The third-order valence-electron chi connectivity index (χ3n) is 1.69. The van der Waals surface area contributed by atoms with Gasteiger partial charge in [0.25, 0.3) is 5.22 Å². The van der Waals surface area contributed by atoms with E-state index in [-0.39, 0.29) is 5.69 Å². The number of ether oxygens (including phenoxy) is 1. The van der Waals surface area contributed by atoms with Crippen molar-refractivity contribution in [2.75, 3.05) is 6.61 Å². The number of oxazole rings is 1. The Morgan fingerprint density at radius 1 is 1.47 bits per heavy atom. The number of carbonyl (C=O) groups is 1. The monoisotopic (exact) mass is 251 g/mol. The second-order valence-electron chi connectivity index (χ2n) is 2.85. The van der Waals surface area contributed by atoms with Crippen LogP contribution in [0.3, 0.4) is 0 Å². The second-order valence-corrected chi connectivity index (χ2v) is 3.77. The van der Waals surface area contributed by atoms with Gasteiger partial charge in [-0.05, 0) is 13.0 Å². The van der Waals surface area contributed by atoms with Gasteiger partial charge in [-0.25, -0.2) is 14.8 Å². The lowest BCUT2D eigenvalue weighted by Gasteiger charge is -1.95. The molecular weight excluding hydrogens is 242 g/mol. The molecule has 88 valence electrons. The van der Waals surface area contributed by atoms with Gasteiger partial charge in [0, 0.05) is 24.2 Å². The van der Waals surface area contributed by atoms with Crippen molar-refractivity contribution in [2.45, 2.75) is 17.3 Å². The van der Waals surface area contributed by atoms with Crippen LogP contribution in [0.5, 0.6) is 0 Å². The van der Waals surface area contributed by atoms with Crippen LogP contribution in [-0.2, 0) is 4.74 Å². The highest BCUT2D eigenvalue weighted by molar-refractivity contribution is 7.98. The highest BCUT2D eigenvalue weighted by Crippen LogP contribution is 2.23. The molecule has 0 radical (unpaired) electrons. The second kappa shape index (κ2) is 5.44. The summed E-state index contributed by atoms with van der Waals surface area (Å²) >= 11 is 1.14. The molecule has 0 unspecified atom stereocenters. The fraction of sp³-hybridized carbons (Fsp3) is 0.200. The summed E-state index contributed by atoms with van der Waals surface area (Å²) in [6, 6.07) is 1.71.